The van der Waals surface area contributed by atoms with Gasteiger partial charge < -0.3 is 14.7 Å². The maximum atomic E-state index is 12.3. The van der Waals surface area contributed by atoms with Gasteiger partial charge in [-0.2, -0.15) is 0 Å². The molecule has 1 N–H and O–H groups in total. The van der Waals surface area contributed by atoms with E-state index in [1.165, 1.54) is 0 Å². The lowest BCUT2D eigenvalue weighted by Crippen LogP contribution is -2.65. The van der Waals surface area contributed by atoms with Crippen LogP contribution in [-0.2, 0) is 0 Å². The fourth-order valence-electron chi connectivity index (χ4n) is 2.26. The molecule has 1 saturated heterocycles. The van der Waals surface area contributed by atoms with Crippen molar-refractivity contribution in [1.82, 2.24) is 4.90 Å². The summed E-state index contributed by atoms with van der Waals surface area (Å²) in [7, 11) is 1.59. The van der Waals surface area contributed by atoms with Gasteiger partial charge in [0.1, 0.15) is 11.4 Å². The van der Waals surface area contributed by atoms with Gasteiger partial charge >= 0.3 is 0 Å². The van der Waals surface area contributed by atoms with E-state index >= 15 is 0 Å². The molecule has 1 fully saturated rings. The minimum atomic E-state index is -0.732. The molecular weight excluding hydrogens is 242 g/mol. The first-order chi connectivity index (χ1) is 8.87. The van der Waals surface area contributed by atoms with Crippen LogP contribution in [0.4, 0.5) is 0 Å². The molecule has 1 aliphatic rings. The Morgan fingerprint density at radius 1 is 1.42 bits per heavy atom. The topological polar surface area (TPSA) is 49.8 Å². The number of carbonyl (C=O) groups is 1. The van der Waals surface area contributed by atoms with Crippen LogP contribution in [-0.4, -0.2) is 41.7 Å². The molecule has 0 saturated carbocycles. The van der Waals surface area contributed by atoms with Crippen molar-refractivity contribution in [3.05, 3.63) is 29.3 Å². The molecule has 1 aliphatic heterocycles. The molecule has 0 atom stereocenters. The van der Waals surface area contributed by atoms with E-state index in [4.69, 9.17) is 4.74 Å². The summed E-state index contributed by atoms with van der Waals surface area (Å²) in [5, 5.41) is 10.2. The second-order valence-corrected chi connectivity index (χ2v) is 5.60. The number of amides is 1. The van der Waals surface area contributed by atoms with Gasteiger partial charge in [-0.15, -0.1) is 0 Å². The van der Waals surface area contributed by atoms with E-state index in [0.717, 1.165) is 5.56 Å². The average molecular weight is 263 g/mol. The summed E-state index contributed by atoms with van der Waals surface area (Å²) in [5.74, 6) is 0.818. The van der Waals surface area contributed by atoms with Gasteiger partial charge in [0.15, 0.2) is 0 Å². The van der Waals surface area contributed by atoms with Gasteiger partial charge in [0.05, 0.1) is 20.2 Å². The predicted molar refractivity (Wildman–Crippen MR) is 73.4 cm³/mol. The van der Waals surface area contributed by atoms with Crippen LogP contribution >= 0.6 is 0 Å². The third-order valence-corrected chi connectivity index (χ3v) is 3.95. The maximum absolute atomic E-state index is 12.3. The summed E-state index contributed by atoms with van der Waals surface area (Å²) in [5.41, 5.74) is 0.874. The van der Waals surface area contributed by atoms with E-state index in [-0.39, 0.29) is 11.8 Å². The molecule has 2 rings (SSSR count). The van der Waals surface area contributed by atoms with E-state index < -0.39 is 5.60 Å². The van der Waals surface area contributed by atoms with Crippen molar-refractivity contribution in [3.63, 3.8) is 0 Å². The number of rotatable bonds is 3. The van der Waals surface area contributed by atoms with Crippen molar-refractivity contribution in [2.45, 2.75) is 26.4 Å². The van der Waals surface area contributed by atoms with E-state index in [2.05, 4.69) is 0 Å². The van der Waals surface area contributed by atoms with Gasteiger partial charge in [0.2, 0.25) is 0 Å². The summed E-state index contributed by atoms with van der Waals surface area (Å²) in [6, 6.07) is 5.43. The van der Waals surface area contributed by atoms with Crippen molar-refractivity contribution >= 4 is 5.91 Å². The molecule has 1 heterocycles. The Kier molecular flexibility index (Phi) is 3.54. The number of carbonyl (C=O) groups excluding carboxylic acids is 1. The molecule has 0 unspecified atom stereocenters. The Balaban J connectivity index is 2.10. The number of ether oxygens (including phenoxy) is 1. The van der Waals surface area contributed by atoms with Crippen LogP contribution in [0.3, 0.4) is 0 Å². The highest BCUT2D eigenvalue weighted by Crippen LogP contribution is 2.30. The molecule has 0 aliphatic carbocycles. The normalized spacial score (nSPS) is 17.3. The van der Waals surface area contributed by atoms with Crippen molar-refractivity contribution in [2.24, 2.45) is 5.92 Å². The Morgan fingerprint density at radius 2 is 2.05 bits per heavy atom. The highest BCUT2D eigenvalue weighted by Gasteiger charge is 2.45. The van der Waals surface area contributed by atoms with Gasteiger partial charge in [0.25, 0.3) is 5.91 Å². The molecule has 0 aromatic heterocycles. The summed E-state index contributed by atoms with van der Waals surface area (Å²) < 4.78 is 5.23. The summed E-state index contributed by atoms with van der Waals surface area (Å²) in [6.07, 6.45) is 0. The summed E-state index contributed by atoms with van der Waals surface area (Å²) in [4.78, 5) is 13.9. The number of β-amino-alcohol motifs (C(OH)–C–C–N with tert-alkyl or cyclic N) is 1. The highest BCUT2D eigenvalue weighted by atomic mass is 16.5. The minimum absolute atomic E-state index is 0.0522. The smallest absolute Gasteiger partial charge is 0.254 e. The van der Waals surface area contributed by atoms with Crippen molar-refractivity contribution < 1.29 is 14.6 Å². The summed E-state index contributed by atoms with van der Waals surface area (Å²) >= 11 is 0. The minimum Gasteiger partial charge on any atom is -0.496 e. The van der Waals surface area contributed by atoms with Crippen LogP contribution in [0.15, 0.2) is 18.2 Å². The van der Waals surface area contributed by atoms with Gasteiger partial charge in [-0.3, -0.25) is 4.79 Å². The molecule has 104 valence electrons. The number of likely N-dealkylation sites (tertiary alicyclic amines) is 1. The number of methoxy groups -OCH3 is 1. The highest BCUT2D eigenvalue weighted by molar-refractivity contribution is 5.95. The van der Waals surface area contributed by atoms with Gasteiger partial charge in [-0.25, -0.2) is 0 Å². The van der Waals surface area contributed by atoms with Crippen molar-refractivity contribution in [3.8, 4) is 5.75 Å². The van der Waals surface area contributed by atoms with Crippen LogP contribution in [0.25, 0.3) is 0 Å². The first kappa shape index (κ1) is 13.9. The Morgan fingerprint density at radius 3 is 2.58 bits per heavy atom. The second-order valence-electron chi connectivity index (χ2n) is 5.60. The largest absolute Gasteiger partial charge is 0.496 e. The standard InChI is InChI=1S/C15H21NO3/c1-10(2)15(18)8-16(9-15)14(17)12-6-5-11(3)13(7-12)19-4/h5-7,10,18H,8-9H2,1-4H3. The number of aliphatic hydroxyl groups is 1. The molecule has 4 nitrogen and oxygen atoms in total. The van der Waals surface area contributed by atoms with Gasteiger partial charge in [-0.05, 0) is 30.5 Å². The van der Waals surface area contributed by atoms with Crippen LogP contribution in [0.2, 0.25) is 0 Å². The third kappa shape index (κ3) is 2.45. The first-order valence-corrected chi connectivity index (χ1v) is 6.53. The first-order valence-electron chi connectivity index (χ1n) is 6.53. The number of hydrogen-bond acceptors (Lipinski definition) is 3. The lowest BCUT2D eigenvalue weighted by Gasteiger charge is -2.49. The Labute approximate surface area is 114 Å². The zero-order valence-corrected chi connectivity index (χ0v) is 11.9. The van der Waals surface area contributed by atoms with E-state index in [1.807, 2.05) is 26.8 Å². The average Bonchev–Trinajstić information content (AvgIpc) is 2.34. The molecule has 0 radical (unpaired) electrons. The van der Waals surface area contributed by atoms with Crippen LogP contribution < -0.4 is 4.74 Å². The second kappa shape index (κ2) is 4.85. The molecule has 1 aromatic rings. The molecule has 1 amide bonds. The maximum Gasteiger partial charge on any atom is 0.254 e. The molecule has 1 aromatic carbocycles. The Bertz CT molecular complexity index is 490. The fraction of sp³-hybridized carbons (Fsp3) is 0.533. The zero-order valence-electron chi connectivity index (χ0n) is 11.9. The predicted octanol–water partition coefficient (Wildman–Crippen LogP) is 1.85. The van der Waals surface area contributed by atoms with Crippen molar-refractivity contribution in [1.29, 1.82) is 0 Å². The quantitative estimate of drug-likeness (QED) is 0.905. The molecule has 0 spiro atoms. The lowest BCUT2D eigenvalue weighted by atomic mass is 9.82. The summed E-state index contributed by atoms with van der Waals surface area (Å²) in [6.45, 7) is 6.68. The van der Waals surface area contributed by atoms with E-state index in [0.29, 0.717) is 24.4 Å². The van der Waals surface area contributed by atoms with Gasteiger partial charge in [-0.1, -0.05) is 19.9 Å². The number of benzene rings is 1. The van der Waals surface area contributed by atoms with Crippen LogP contribution in [0.1, 0.15) is 29.8 Å². The third-order valence-electron chi connectivity index (χ3n) is 3.95. The van der Waals surface area contributed by atoms with E-state index in [1.54, 1.807) is 24.1 Å². The number of aryl methyl sites for hydroxylation is 1. The fourth-order valence-corrected chi connectivity index (χ4v) is 2.26. The van der Waals surface area contributed by atoms with Crippen LogP contribution in [0.5, 0.6) is 5.75 Å². The number of nitrogens with zero attached hydrogens (tertiary/aromatic N) is 1. The van der Waals surface area contributed by atoms with Crippen molar-refractivity contribution in [2.75, 3.05) is 20.2 Å². The number of hydrogen-bond donors (Lipinski definition) is 1. The molecule has 0 bridgehead atoms. The monoisotopic (exact) mass is 263 g/mol. The molecular formula is C15H21NO3. The molecule has 4 heteroatoms. The lowest BCUT2D eigenvalue weighted by molar-refractivity contribution is -0.110. The zero-order chi connectivity index (χ0) is 14.2. The molecule has 19 heavy (non-hydrogen) atoms. The Hall–Kier alpha value is -1.55. The van der Waals surface area contributed by atoms with E-state index in [9.17, 15) is 9.90 Å². The SMILES string of the molecule is COc1cc(C(=O)N2CC(O)(C(C)C)C2)ccc1C. The van der Waals surface area contributed by atoms with Crippen LogP contribution in [0, 0.1) is 12.8 Å². The van der Waals surface area contributed by atoms with Gasteiger partial charge in [0, 0.05) is 5.56 Å².